The van der Waals surface area contributed by atoms with E-state index < -0.39 is 11.6 Å². The molecule has 0 saturated carbocycles. The Labute approximate surface area is 191 Å². The van der Waals surface area contributed by atoms with Crippen LogP contribution >= 0.6 is 22.9 Å². The first-order chi connectivity index (χ1) is 14.7. The van der Waals surface area contributed by atoms with E-state index in [0.29, 0.717) is 16.5 Å². The summed E-state index contributed by atoms with van der Waals surface area (Å²) in [6.07, 6.45) is 1.72. The molecule has 0 aliphatic rings. The number of hydrogen-bond acceptors (Lipinski definition) is 6. The lowest BCUT2D eigenvalue weighted by molar-refractivity contribution is 0.0785. The van der Waals surface area contributed by atoms with E-state index in [1.54, 1.807) is 43.5 Å². The molecule has 5 nitrogen and oxygen atoms in total. The number of halogens is 1. The second-order valence-corrected chi connectivity index (χ2v) is 8.93. The number of benzene rings is 1. The molecule has 0 spiro atoms. The standard InChI is InChI=1S/C22H21ClN4OS.C2H6/c1-22(2,28)13-8-9-26-16(11-13)14-5-3-4-12-10-17(29-21(12)14)19(25)20-15(23)6-7-18(24)27-20;1-2/h3-11,19,28H,25H2,1-2H3,(H2,24,27);1-2H3. The van der Waals surface area contributed by atoms with Gasteiger partial charge in [-0.3, -0.25) is 4.98 Å². The number of nitrogen functional groups attached to an aromatic ring is 1. The molecule has 0 bridgehead atoms. The number of anilines is 1. The summed E-state index contributed by atoms with van der Waals surface area (Å²) in [4.78, 5) is 9.79. The molecule has 5 N–H and O–H groups in total. The third-order valence-electron chi connectivity index (χ3n) is 4.80. The lowest BCUT2D eigenvalue weighted by Gasteiger charge is -2.18. The number of nitrogens with zero attached hydrogens (tertiary/aromatic N) is 2. The van der Waals surface area contributed by atoms with Crippen LogP contribution in [0.25, 0.3) is 21.3 Å². The van der Waals surface area contributed by atoms with Crippen LogP contribution in [0.2, 0.25) is 5.02 Å². The van der Waals surface area contributed by atoms with E-state index in [1.807, 2.05) is 44.2 Å². The van der Waals surface area contributed by atoms with Crippen molar-refractivity contribution in [1.29, 1.82) is 0 Å². The third kappa shape index (κ3) is 4.88. The Morgan fingerprint density at radius 1 is 1.10 bits per heavy atom. The van der Waals surface area contributed by atoms with Gasteiger partial charge in [-0.2, -0.15) is 0 Å². The van der Waals surface area contributed by atoms with Crippen LogP contribution in [0.4, 0.5) is 5.82 Å². The molecule has 1 aromatic carbocycles. The smallest absolute Gasteiger partial charge is 0.123 e. The summed E-state index contributed by atoms with van der Waals surface area (Å²) >= 11 is 7.88. The lowest BCUT2D eigenvalue weighted by atomic mass is 9.97. The minimum absolute atomic E-state index is 0.384. The van der Waals surface area contributed by atoms with E-state index in [9.17, 15) is 5.11 Å². The second-order valence-electron chi connectivity index (χ2n) is 7.44. The SMILES string of the molecule is CC.CC(C)(O)c1ccnc(-c2cccc3cc(C(N)c4nc(N)ccc4Cl)sc23)c1. The van der Waals surface area contributed by atoms with Gasteiger partial charge in [0.05, 0.1) is 28.1 Å². The van der Waals surface area contributed by atoms with Crippen LogP contribution in [0.1, 0.15) is 49.9 Å². The predicted molar refractivity (Wildman–Crippen MR) is 131 cm³/mol. The van der Waals surface area contributed by atoms with Gasteiger partial charge in [0, 0.05) is 21.3 Å². The molecular weight excluding hydrogens is 428 g/mol. The molecular formula is C24H27ClN4OS. The van der Waals surface area contributed by atoms with Crippen LogP contribution in [0.5, 0.6) is 0 Å². The van der Waals surface area contributed by atoms with Gasteiger partial charge in [0.1, 0.15) is 5.82 Å². The van der Waals surface area contributed by atoms with Crippen LogP contribution in [0.15, 0.2) is 54.7 Å². The first-order valence-electron chi connectivity index (χ1n) is 10.1. The zero-order chi connectivity index (χ0) is 22.8. The van der Waals surface area contributed by atoms with Crippen LogP contribution in [-0.4, -0.2) is 15.1 Å². The fourth-order valence-corrected chi connectivity index (χ4v) is 4.63. The van der Waals surface area contributed by atoms with Crippen LogP contribution in [0, 0.1) is 0 Å². The van der Waals surface area contributed by atoms with Gasteiger partial charge >= 0.3 is 0 Å². The molecule has 0 saturated heterocycles. The first kappa shape index (κ1) is 23.2. The number of rotatable bonds is 4. The number of aliphatic hydroxyl groups is 1. The van der Waals surface area contributed by atoms with E-state index >= 15 is 0 Å². The molecule has 4 aromatic rings. The summed E-state index contributed by atoms with van der Waals surface area (Å²) in [7, 11) is 0. The van der Waals surface area contributed by atoms with Gasteiger partial charge in [0.25, 0.3) is 0 Å². The molecule has 4 rings (SSSR count). The number of nitrogens with two attached hydrogens (primary N) is 2. The highest BCUT2D eigenvalue weighted by molar-refractivity contribution is 7.19. The van der Waals surface area contributed by atoms with Gasteiger partial charge in [-0.15, -0.1) is 11.3 Å². The van der Waals surface area contributed by atoms with Crippen molar-refractivity contribution >= 4 is 38.8 Å². The zero-order valence-electron chi connectivity index (χ0n) is 18.1. The molecule has 0 fully saturated rings. The highest BCUT2D eigenvalue weighted by Crippen LogP contribution is 2.39. The van der Waals surface area contributed by atoms with E-state index in [-0.39, 0.29) is 0 Å². The summed E-state index contributed by atoms with van der Waals surface area (Å²) in [5.41, 5.74) is 14.5. The topological polar surface area (TPSA) is 98.0 Å². The maximum Gasteiger partial charge on any atom is 0.123 e. The monoisotopic (exact) mass is 454 g/mol. The van der Waals surface area contributed by atoms with E-state index in [0.717, 1.165) is 31.8 Å². The summed E-state index contributed by atoms with van der Waals surface area (Å²) in [6.45, 7) is 7.52. The van der Waals surface area contributed by atoms with Gasteiger partial charge < -0.3 is 16.6 Å². The lowest BCUT2D eigenvalue weighted by Crippen LogP contribution is -2.15. The molecule has 31 heavy (non-hydrogen) atoms. The molecule has 0 amide bonds. The number of fused-ring (bicyclic) bond motifs is 1. The largest absolute Gasteiger partial charge is 0.386 e. The molecule has 0 aliphatic heterocycles. The highest BCUT2D eigenvalue weighted by Gasteiger charge is 2.20. The number of aromatic nitrogens is 2. The van der Waals surface area contributed by atoms with Crippen molar-refractivity contribution in [3.8, 4) is 11.3 Å². The van der Waals surface area contributed by atoms with Gasteiger partial charge in [-0.05, 0) is 55.1 Å². The molecule has 3 heterocycles. The van der Waals surface area contributed by atoms with E-state index in [1.165, 1.54) is 0 Å². The Balaban J connectivity index is 0.00000132. The van der Waals surface area contributed by atoms with Crippen LogP contribution in [-0.2, 0) is 5.60 Å². The van der Waals surface area contributed by atoms with Crippen molar-refractivity contribution in [2.45, 2.75) is 39.3 Å². The minimum atomic E-state index is -0.940. The third-order valence-corrected chi connectivity index (χ3v) is 6.39. The van der Waals surface area contributed by atoms with Crippen molar-refractivity contribution in [2.24, 2.45) is 5.73 Å². The van der Waals surface area contributed by atoms with Gasteiger partial charge in [-0.1, -0.05) is 43.6 Å². The summed E-state index contributed by atoms with van der Waals surface area (Å²) < 4.78 is 1.07. The van der Waals surface area contributed by atoms with Gasteiger partial charge in [0.15, 0.2) is 0 Å². The normalized spacial score (nSPS) is 12.4. The molecule has 162 valence electrons. The average Bonchev–Trinajstić information content (AvgIpc) is 3.20. The van der Waals surface area contributed by atoms with Gasteiger partial charge in [-0.25, -0.2) is 4.98 Å². The number of pyridine rings is 2. The first-order valence-corrected chi connectivity index (χ1v) is 11.3. The van der Waals surface area contributed by atoms with Crippen LogP contribution in [0.3, 0.4) is 0 Å². The highest BCUT2D eigenvalue weighted by atomic mass is 35.5. The number of thiophene rings is 1. The van der Waals surface area contributed by atoms with Crippen molar-refractivity contribution in [1.82, 2.24) is 9.97 Å². The summed E-state index contributed by atoms with van der Waals surface area (Å²) in [6, 6.07) is 14.7. The van der Waals surface area contributed by atoms with Crippen molar-refractivity contribution in [3.63, 3.8) is 0 Å². The minimum Gasteiger partial charge on any atom is -0.386 e. The van der Waals surface area contributed by atoms with E-state index in [2.05, 4.69) is 16.0 Å². The number of hydrogen-bond donors (Lipinski definition) is 3. The molecule has 7 heteroatoms. The van der Waals surface area contributed by atoms with Crippen molar-refractivity contribution in [2.75, 3.05) is 5.73 Å². The Morgan fingerprint density at radius 2 is 1.84 bits per heavy atom. The van der Waals surface area contributed by atoms with E-state index in [4.69, 9.17) is 23.1 Å². The molecule has 1 unspecified atom stereocenters. The fraction of sp³-hybridized carbons (Fsp3) is 0.250. The average molecular weight is 455 g/mol. The maximum atomic E-state index is 10.4. The Bertz CT molecular complexity index is 1200. The molecule has 0 aliphatic carbocycles. The molecule has 0 radical (unpaired) electrons. The second kappa shape index (κ2) is 9.32. The molecule has 3 aromatic heterocycles. The quantitative estimate of drug-likeness (QED) is 0.356. The Morgan fingerprint density at radius 3 is 2.55 bits per heavy atom. The summed E-state index contributed by atoms with van der Waals surface area (Å²) in [5.74, 6) is 0.384. The zero-order valence-corrected chi connectivity index (χ0v) is 19.6. The predicted octanol–water partition coefficient (Wildman–Crippen LogP) is 5.90. The maximum absolute atomic E-state index is 10.4. The fourth-order valence-electron chi connectivity index (χ4n) is 3.22. The Hall–Kier alpha value is -2.51. The van der Waals surface area contributed by atoms with Crippen molar-refractivity contribution < 1.29 is 5.11 Å². The van der Waals surface area contributed by atoms with Crippen molar-refractivity contribution in [3.05, 3.63) is 75.9 Å². The molecule has 1 atom stereocenters. The Kier molecular flexibility index (Phi) is 6.96. The summed E-state index contributed by atoms with van der Waals surface area (Å²) in [5, 5.41) is 11.9. The van der Waals surface area contributed by atoms with Crippen LogP contribution < -0.4 is 11.5 Å². The van der Waals surface area contributed by atoms with Gasteiger partial charge in [0.2, 0.25) is 0 Å².